The lowest BCUT2D eigenvalue weighted by Crippen LogP contribution is -2.32. The van der Waals surface area contributed by atoms with Crippen LogP contribution in [0.25, 0.3) is 0 Å². The van der Waals surface area contributed by atoms with E-state index < -0.39 is 6.17 Å². The Morgan fingerprint density at radius 1 is 1.73 bits per heavy atom. The van der Waals surface area contributed by atoms with Crippen LogP contribution in [-0.2, 0) is 6.54 Å². The number of piperidine rings is 1. The Bertz CT molecular complexity index is 305. The van der Waals surface area contributed by atoms with Gasteiger partial charge in [-0.25, -0.2) is 4.39 Å². The minimum absolute atomic E-state index is 0.112. The minimum atomic E-state index is -0.875. The molecule has 1 aromatic rings. The number of hydrogen-bond acceptors (Lipinski definition) is 2. The second kappa shape index (κ2) is 4.75. The maximum Gasteiger partial charge on any atom is 0.146 e. The van der Waals surface area contributed by atoms with Crippen molar-refractivity contribution in [1.29, 1.82) is 0 Å². The maximum absolute atomic E-state index is 14.2. The third-order valence-electron chi connectivity index (χ3n) is 3.08. The summed E-state index contributed by atoms with van der Waals surface area (Å²) in [5.74, 6) is 0.112. The number of alkyl halides is 1. The lowest BCUT2D eigenvalue weighted by molar-refractivity contribution is 0.184. The first-order valence-electron chi connectivity index (χ1n) is 5.69. The first-order chi connectivity index (χ1) is 7.33. The molecule has 1 aromatic heterocycles. The van der Waals surface area contributed by atoms with E-state index in [1.807, 2.05) is 6.92 Å². The maximum atomic E-state index is 14.2. The van der Waals surface area contributed by atoms with Crippen molar-refractivity contribution in [3.63, 3.8) is 0 Å². The van der Waals surface area contributed by atoms with Gasteiger partial charge in [-0.05, 0) is 32.4 Å². The van der Waals surface area contributed by atoms with Gasteiger partial charge >= 0.3 is 0 Å². The molecule has 1 N–H and O–H groups in total. The van der Waals surface area contributed by atoms with Gasteiger partial charge in [0, 0.05) is 25.2 Å². The van der Waals surface area contributed by atoms with E-state index in [1.54, 1.807) is 16.9 Å². The second-order valence-electron chi connectivity index (χ2n) is 4.08. The quantitative estimate of drug-likeness (QED) is 0.827. The molecule has 2 atom stereocenters. The topological polar surface area (TPSA) is 29.9 Å². The molecule has 2 rings (SSSR count). The highest BCUT2D eigenvalue weighted by Gasteiger charge is 2.26. The van der Waals surface area contributed by atoms with Crippen LogP contribution in [0.15, 0.2) is 12.3 Å². The number of halogens is 1. The molecule has 0 aromatic carbocycles. The fraction of sp³-hybridized carbons (Fsp3) is 0.727. The average Bonchev–Trinajstić information content (AvgIpc) is 2.77. The molecule has 84 valence electrons. The Balaban J connectivity index is 2.08. The number of nitrogens with one attached hydrogen (secondary N) is 1. The first-order valence-corrected chi connectivity index (χ1v) is 5.69. The third-order valence-corrected chi connectivity index (χ3v) is 3.08. The smallest absolute Gasteiger partial charge is 0.146 e. The van der Waals surface area contributed by atoms with Gasteiger partial charge in [-0.2, -0.15) is 5.10 Å². The van der Waals surface area contributed by atoms with E-state index in [0.717, 1.165) is 38.2 Å². The Labute approximate surface area is 89.7 Å². The minimum Gasteiger partial charge on any atom is -0.316 e. The fourth-order valence-electron chi connectivity index (χ4n) is 2.21. The molecule has 4 heteroatoms. The zero-order chi connectivity index (χ0) is 10.7. The fourth-order valence-corrected chi connectivity index (χ4v) is 2.21. The van der Waals surface area contributed by atoms with Crippen LogP contribution in [-0.4, -0.2) is 22.9 Å². The summed E-state index contributed by atoms with van der Waals surface area (Å²) in [7, 11) is 0. The van der Waals surface area contributed by atoms with Crippen molar-refractivity contribution in [2.24, 2.45) is 5.92 Å². The van der Waals surface area contributed by atoms with E-state index in [2.05, 4.69) is 10.4 Å². The molecule has 1 saturated heterocycles. The highest BCUT2D eigenvalue weighted by molar-refractivity contribution is 5.06. The average molecular weight is 211 g/mol. The Kier molecular flexibility index (Phi) is 3.36. The summed E-state index contributed by atoms with van der Waals surface area (Å²) in [5, 5.41) is 7.35. The van der Waals surface area contributed by atoms with Gasteiger partial charge in [0.15, 0.2) is 0 Å². The van der Waals surface area contributed by atoms with Crippen molar-refractivity contribution in [3.05, 3.63) is 18.0 Å². The van der Waals surface area contributed by atoms with Crippen LogP contribution in [0.4, 0.5) is 4.39 Å². The molecule has 0 aliphatic carbocycles. The van der Waals surface area contributed by atoms with E-state index >= 15 is 0 Å². The second-order valence-corrected chi connectivity index (χ2v) is 4.08. The van der Waals surface area contributed by atoms with E-state index in [4.69, 9.17) is 0 Å². The normalized spacial score (nSPS) is 24.0. The van der Waals surface area contributed by atoms with Crippen molar-refractivity contribution >= 4 is 0 Å². The lowest BCUT2D eigenvalue weighted by atomic mass is 9.93. The molecule has 2 unspecified atom stereocenters. The van der Waals surface area contributed by atoms with Gasteiger partial charge in [0.2, 0.25) is 0 Å². The molecule has 0 radical (unpaired) electrons. The molecule has 2 heterocycles. The van der Waals surface area contributed by atoms with Crippen LogP contribution in [0.1, 0.15) is 31.6 Å². The van der Waals surface area contributed by atoms with Crippen LogP contribution < -0.4 is 5.32 Å². The number of nitrogens with zero attached hydrogens (tertiary/aromatic N) is 2. The zero-order valence-corrected chi connectivity index (χ0v) is 9.12. The first kappa shape index (κ1) is 10.6. The van der Waals surface area contributed by atoms with E-state index in [-0.39, 0.29) is 5.92 Å². The van der Waals surface area contributed by atoms with Gasteiger partial charge in [0.1, 0.15) is 6.17 Å². The summed E-state index contributed by atoms with van der Waals surface area (Å²) in [5.41, 5.74) is 0.728. The standard InChI is InChI=1S/C11H18FN3/c1-2-15-10(5-7-14-15)11(12)9-4-3-6-13-8-9/h5,7,9,11,13H,2-4,6,8H2,1H3. The molecule has 0 spiro atoms. The monoisotopic (exact) mass is 211 g/mol. The van der Waals surface area contributed by atoms with E-state index in [0.29, 0.717) is 0 Å². The van der Waals surface area contributed by atoms with Gasteiger partial charge in [-0.3, -0.25) is 4.68 Å². The Morgan fingerprint density at radius 2 is 2.60 bits per heavy atom. The Hall–Kier alpha value is -0.900. The molecular formula is C11H18FN3. The van der Waals surface area contributed by atoms with Crippen LogP contribution in [0.5, 0.6) is 0 Å². The van der Waals surface area contributed by atoms with Crippen LogP contribution in [0, 0.1) is 5.92 Å². The van der Waals surface area contributed by atoms with Crippen LogP contribution in [0.2, 0.25) is 0 Å². The Morgan fingerprint density at radius 3 is 3.27 bits per heavy atom. The summed E-state index contributed by atoms with van der Waals surface area (Å²) in [6, 6.07) is 1.79. The number of hydrogen-bond donors (Lipinski definition) is 1. The van der Waals surface area contributed by atoms with Crippen LogP contribution in [0.3, 0.4) is 0 Å². The van der Waals surface area contributed by atoms with Gasteiger partial charge < -0.3 is 5.32 Å². The van der Waals surface area contributed by atoms with E-state index in [1.165, 1.54) is 0 Å². The summed E-state index contributed by atoms with van der Waals surface area (Å²) >= 11 is 0. The summed E-state index contributed by atoms with van der Waals surface area (Å²) in [6.07, 6.45) is 2.86. The van der Waals surface area contributed by atoms with Gasteiger partial charge in [0.25, 0.3) is 0 Å². The highest BCUT2D eigenvalue weighted by Crippen LogP contribution is 2.30. The predicted octanol–water partition coefficient (Wildman–Crippen LogP) is 1.91. The predicted molar refractivity (Wildman–Crippen MR) is 57.3 cm³/mol. The number of aryl methyl sites for hydroxylation is 1. The zero-order valence-electron chi connectivity index (χ0n) is 9.12. The van der Waals surface area contributed by atoms with Gasteiger partial charge in [-0.1, -0.05) is 0 Å². The molecule has 0 saturated carbocycles. The molecule has 1 aliphatic heterocycles. The largest absolute Gasteiger partial charge is 0.316 e. The molecule has 1 aliphatic rings. The van der Waals surface area contributed by atoms with Crippen LogP contribution >= 0.6 is 0 Å². The van der Waals surface area contributed by atoms with Gasteiger partial charge in [0.05, 0.1) is 5.69 Å². The van der Waals surface area contributed by atoms with Crippen molar-refractivity contribution in [2.75, 3.05) is 13.1 Å². The number of rotatable bonds is 3. The molecule has 0 amide bonds. The summed E-state index contributed by atoms with van der Waals surface area (Å²) < 4.78 is 16.0. The molecule has 1 fully saturated rings. The SMILES string of the molecule is CCn1nccc1C(F)C1CCCNC1. The summed E-state index contributed by atoms with van der Waals surface area (Å²) in [4.78, 5) is 0. The lowest BCUT2D eigenvalue weighted by Gasteiger charge is -2.26. The highest BCUT2D eigenvalue weighted by atomic mass is 19.1. The van der Waals surface area contributed by atoms with E-state index in [9.17, 15) is 4.39 Å². The molecule has 3 nitrogen and oxygen atoms in total. The third kappa shape index (κ3) is 2.20. The molecule has 0 bridgehead atoms. The van der Waals surface area contributed by atoms with Gasteiger partial charge in [-0.15, -0.1) is 0 Å². The van der Waals surface area contributed by atoms with Crippen molar-refractivity contribution in [1.82, 2.24) is 15.1 Å². The van der Waals surface area contributed by atoms with Crippen molar-refractivity contribution in [2.45, 2.75) is 32.5 Å². The summed E-state index contributed by atoms with van der Waals surface area (Å²) in [6.45, 7) is 4.54. The molecule has 15 heavy (non-hydrogen) atoms. The molecular weight excluding hydrogens is 193 g/mol. The van der Waals surface area contributed by atoms with Crippen molar-refractivity contribution < 1.29 is 4.39 Å². The van der Waals surface area contributed by atoms with Crippen molar-refractivity contribution in [3.8, 4) is 0 Å². The number of aromatic nitrogens is 2.